The van der Waals surface area contributed by atoms with Gasteiger partial charge in [0.25, 0.3) is 0 Å². The van der Waals surface area contributed by atoms with Crippen molar-refractivity contribution in [1.29, 1.82) is 0 Å². The van der Waals surface area contributed by atoms with Crippen LogP contribution in [0, 0.1) is 9.39 Å². The number of benzene rings is 1. The Morgan fingerprint density at radius 2 is 1.86 bits per heavy atom. The number of halogens is 2. The van der Waals surface area contributed by atoms with Crippen LogP contribution in [0.4, 0.5) is 4.39 Å². The van der Waals surface area contributed by atoms with Crippen molar-refractivity contribution in [1.82, 2.24) is 4.98 Å². The van der Waals surface area contributed by atoms with Gasteiger partial charge in [0.15, 0.2) is 0 Å². The number of hydrogen-bond donors (Lipinski definition) is 0. The fourth-order valence-electron chi connectivity index (χ4n) is 1.22. The fraction of sp³-hybridized carbons (Fsp3) is 0. The van der Waals surface area contributed by atoms with Crippen LogP contribution in [0.25, 0.3) is 11.3 Å². The van der Waals surface area contributed by atoms with Crippen LogP contribution < -0.4 is 0 Å². The van der Waals surface area contributed by atoms with Crippen molar-refractivity contribution in [3.63, 3.8) is 0 Å². The molecule has 0 saturated heterocycles. The Morgan fingerprint density at radius 1 is 1.14 bits per heavy atom. The Hall–Kier alpha value is -0.970. The van der Waals surface area contributed by atoms with E-state index < -0.39 is 0 Å². The third-order valence-electron chi connectivity index (χ3n) is 1.86. The van der Waals surface area contributed by atoms with E-state index in [1.165, 1.54) is 12.3 Å². The molecule has 1 aromatic heterocycles. The molecule has 0 unspecified atom stereocenters. The second-order valence-corrected chi connectivity index (χ2v) is 4.01. The minimum atomic E-state index is -0.297. The molecule has 0 radical (unpaired) electrons. The topological polar surface area (TPSA) is 12.9 Å². The van der Waals surface area contributed by atoms with Gasteiger partial charge in [-0.1, -0.05) is 30.3 Å². The van der Waals surface area contributed by atoms with Crippen LogP contribution in [0.1, 0.15) is 0 Å². The average Bonchev–Trinajstić information content (AvgIpc) is 2.19. The summed E-state index contributed by atoms with van der Waals surface area (Å²) in [5, 5.41) is 0. The summed E-state index contributed by atoms with van der Waals surface area (Å²) in [7, 11) is 0. The highest BCUT2D eigenvalue weighted by Gasteiger charge is 2.04. The Bertz CT molecular complexity index is 442. The zero-order chi connectivity index (χ0) is 9.97. The minimum absolute atomic E-state index is 0.297. The first-order valence-electron chi connectivity index (χ1n) is 4.14. The van der Waals surface area contributed by atoms with E-state index in [0.717, 1.165) is 14.8 Å². The quantitative estimate of drug-likeness (QED) is 0.735. The molecule has 2 rings (SSSR count). The SMILES string of the molecule is Fc1cnc(-c2ccccc2)c(I)c1. The maximum absolute atomic E-state index is 12.8. The molecule has 3 heteroatoms. The molecule has 70 valence electrons. The third kappa shape index (κ3) is 1.92. The van der Waals surface area contributed by atoms with Crippen molar-refractivity contribution in [2.24, 2.45) is 0 Å². The van der Waals surface area contributed by atoms with Crippen LogP contribution in [0.15, 0.2) is 42.6 Å². The third-order valence-corrected chi connectivity index (χ3v) is 2.68. The van der Waals surface area contributed by atoms with Crippen LogP contribution in [0.3, 0.4) is 0 Å². The number of pyridine rings is 1. The molecule has 0 fully saturated rings. The highest BCUT2D eigenvalue weighted by molar-refractivity contribution is 14.1. The lowest BCUT2D eigenvalue weighted by atomic mass is 10.1. The zero-order valence-corrected chi connectivity index (χ0v) is 9.40. The Kier molecular flexibility index (Phi) is 2.77. The van der Waals surface area contributed by atoms with Gasteiger partial charge >= 0.3 is 0 Å². The van der Waals surface area contributed by atoms with Gasteiger partial charge in [0.05, 0.1) is 11.9 Å². The summed E-state index contributed by atoms with van der Waals surface area (Å²) in [5.74, 6) is -0.297. The lowest BCUT2D eigenvalue weighted by Crippen LogP contribution is -1.89. The summed E-state index contributed by atoms with van der Waals surface area (Å²) < 4.78 is 13.6. The molecule has 0 saturated carbocycles. The van der Waals surface area contributed by atoms with Crippen molar-refractivity contribution in [3.05, 3.63) is 52.0 Å². The molecule has 2 aromatic rings. The van der Waals surface area contributed by atoms with Gasteiger partial charge in [-0.2, -0.15) is 0 Å². The molecule has 0 amide bonds. The van der Waals surface area contributed by atoms with E-state index in [9.17, 15) is 4.39 Å². The van der Waals surface area contributed by atoms with Gasteiger partial charge < -0.3 is 0 Å². The van der Waals surface area contributed by atoms with Gasteiger partial charge in [-0.3, -0.25) is 4.98 Å². The van der Waals surface area contributed by atoms with Gasteiger partial charge in [-0.05, 0) is 28.7 Å². The Balaban J connectivity index is 2.53. The predicted molar refractivity (Wildman–Crippen MR) is 62.3 cm³/mol. The van der Waals surface area contributed by atoms with Crippen LogP contribution in [0.2, 0.25) is 0 Å². The van der Waals surface area contributed by atoms with E-state index in [1.54, 1.807) is 0 Å². The molecule has 0 N–H and O–H groups in total. The van der Waals surface area contributed by atoms with Crippen molar-refractivity contribution >= 4 is 22.6 Å². The minimum Gasteiger partial charge on any atom is -0.252 e. The predicted octanol–water partition coefficient (Wildman–Crippen LogP) is 3.49. The molecule has 0 aliphatic heterocycles. The largest absolute Gasteiger partial charge is 0.252 e. The first kappa shape index (κ1) is 9.58. The van der Waals surface area contributed by atoms with E-state index in [0.29, 0.717) is 0 Å². The number of rotatable bonds is 1. The summed E-state index contributed by atoms with van der Waals surface area (Å²) in [6.07, 6.45) is 1.24. The van der Waals surface area contributed by atoms with Gasteiger partial charge in [-0.15, -0.1) is 0 Å². The first-order valence-corrected chi connectivity index (χ1v) is 5.22. The molecule has 0 bridgehead atoms. The zero-order valence-electron chi connectivity index (χ0n) is 7.24. The number of hydrogen-bond acceptors (Lipinski definition) is 1. The van der Waals surface area contributed by atoms with E-state index in [1.807, 2.05) is 30.3 Å². The molecule has 14 heavy (non-hydrogen) atoms. The standard InChI is InChI=1S/C11H7FIN/c12-9-6-10(13)11(14-7-9)8-4-2-1-3-5-8/h1-7H. The van der Waals surface area contributed by atoms with Crippen LogP contribution in [0.5, 0.6) is 0 Å². The Morgan fingerprint density at radius 3 is 2.50 bits per heavy atom. The van der Waals surface area contributed by atoms with Gasteiger partial charge in [0, 0.05) is 9.13 Å². The first-order chi connectivity index (χ1) is 6.77. The summed E-state index contributed by atoms with van der Waals surface area (Å²) in [6.45, 7) is 0. The van der Waals surface area contributed by atoms with E-state index in [2.05, 4.69) is 27.6 Å². The average molecular weight is 299 g/mol. The van der Waals surface area contributed by atoms with Gasteiger partial charge in [0.2, 0.25) is 0 Å². The highest BCUT2D eigenvalue weighted by atomic mass is 127. The highest BCUT2D eigenvalue weighted by Crippen LogP contribution is 2.22. The van der Waals surface area contributed by atoms with Crippen LogP contribution >= 0.6 is 22.6 Å². The molecule has 0 atom stereocenters. The van der Waals surface area contributed by atoms with Crippen molar-refractivity contribution in [2.45, 2.75) is 0 Å². The van der Waals surface area contributed by atoms with Gasteiger partial charge in [-0.25, -0.2) is 4.39 Å². The molecular formula is C11H7FIN. The summed E-state index contributed by atoms with van der Waals surface area (Å²) in [5.41, 5.74) is 1.84. The molecule has 0 spiro atoms. The monoisotopic (exact) mass is 299 g/mol. The van der Waals surface area contributed by atoms with Crippen LogP contribution in [-0.2, 0) is 0 Å². The molecule has 0 aliphatic rings. The molecule has 1 heterocycles. The lowest BCUT2D eigenvalue weighted by molar-refractivity contribution is 0.620. The molecule has 1 nitrogen and oxygen atoms in total. The summed E-state index contributed by atoms with van der Waals surface area (Å²) >= 11 is 2.09. The lowest BCUT2D eigenvalue weighted by Gasteiger charge is -2.02. The second kappa shape index (κ2) is 4.04. The van der Waals surface area contributed by atoms with E-state index in [-0.39, 0.29) is 5.82 Å². The molecular weight excluding hydrogens is 292 g/mol. The number of aromatic nitrogens is 1. The van der Waals surface area contributed by atoms with E-state index >= 15 is 0 Å². The maximum Gasteiger partial charge on any atom is 0.142 e. The second-order valence-electron chi connectivity index (χ2n) is 2.85. The fourth-order valence-corrected chi connectivity index (χ4v) is 1.97. The summed E-state index contributed by atoms with van der Waals surface area (Å²) in [6, 6.07) is 11.2. The van der Waals surface area contributed by atoms with Crippen molar-refractivity contribution in [2.75, 3.05) is 0 Å². The van der Waals surface area contributed by atoms with Crippen molar-refractivity contribution in [3.8, 4) is 11.3 Å². The number of nitrogens with zero attached hydrogens (tertiary/aromatic N) is 1. The van der Waals surface area contributed by atoms with E-state index in [4.69, 9.17) is 0 Å². The normalized spacial score (nSPS) is 10.1. The Labute approximate surface area is 95.1 Å². The van der Waals surface area contributed by atoms with Crippen LogP contribution in [-0.4, -0.2) is 4.98 Å². The summed E-state index contributed by atoms with van der Waals surface area (Å²) in [4.78, 5) is 4.07. The maximum atomic E-state index is 12.8. The van der Waals surface area contributed by atoms with Crippen molar-refractivity contribution < 1.29 is 4.39 Å². The van der Waals surface area contributed by atoms with Gasteiger partial charge in [0.1, 0.15) is 5.82 Å². The molecule has 0 aliphatic carbocycles. The molecule has 1 aromatic carbocycles. The smallest absolute Gasteiger partial charge is 0.142 e.